The summed E-state index contributed by atoms with van der Waals surface area (Å²) in [6, 6.07) is 11.2. The van der Waals surface area contributed by atoms with Gasteiger partial charge in [0.2, 0.25) is 0 Å². The predicted octanol–water partition coefficient (Wildman–Crippen LogP) is 4.25. The first-order valence-electron chi connectivity index (χ1n) is 7.84. The van der Waals surface area contributed by atoms with Crippen molar-refractivity contribution in [1.29, 1.82) is 0 Å². The molecule has 0 atom stereocenters. The van der Waals surface area contributed by atoms with E-state index in [9.17, 15) is 4.79 Å². The maximum Gasteiger partial charge on any atom is 0.257 e. The van der Waals surface area contributed by atoms with E-state index < -0.39 is 0 Å². The molecule has 134 valence electrons. The van der Waals surface area contributed by atoms with E-state index in [1.165, 1.54) is 0 Å². The lowest BCUT2D eigenvalue weighted by Gasteiger charge is -2.10. The van der Waals surface area contributed by atoms with Gasteiger partial charge in [-0.2, -0.15) is 0 Å². The van der Waals surface area contributed by atoms with Crippen LogP contribution in [0.3, 0.4) is 0 Å². The number of carbonyl (C=O) groups is 1. The molecular formula is C19H17ClN2O3S. The number of methoxy groups -OCH3 is 1. The molecule has 0 aliphatic carbocycles. The molecule has 3 rings (SSSR count). The number of carbonyl (C=O) groups excluding carboxylic acids is 1. The fourth-order valence-corrected chi connectivity index (χ4v) is 3.30. The molecule has 0 fully saturated rings. The molecule has 7 heteroatoms. The highest BCUT2D eigenvalue weighted by Gasteiger charge is 2.07. The van der Waals surface area contributed by atoms with Gasteiger partial charge >= 0.3 is 0 Å². The van der Waals surface area contributed by atoms with Gasteiger partial charge in [-0.05, 0) is 42.0 Å². The summed E-state index contributed by atoms with van der Waals surface area (Å²) in [5, 5.41) is 4.07. The third-order valence-electron chi connectivity index (χ3n) is 3.61. The number of amides is 1. The van der Waals surface area contributed by atoms with Crippen LogP contribution in [-0.2, 0) is 4.79 Å². The number of thiazole rings is 1. The summed E-state index contributed by atoms with van der Waals surface area (Å²) in [4.78, 5) is 15.9. The van der Waals surface area contributed by atoms with E-state index in [1.54, 1.807) is 31.6 Å². The zero-order valence-corrected chi connectivity index (χ0v) is 15.9. The molecule has 0 aliphatic heterocycles. The monoisotopic (exact) mass is 388 g/mol. The number of halogens is 1. The molecule has 5 nitrogen and oxygen atoms in total. The SMILES string of the molecule is CNC(=O)COc1ccc(C=Cc2nc3cc(Cl)ccc3s2)cc1OC. The Morgan fingerprint density at radius 1 is 1.23 bits per heavy atom. The average molecular weight is 389 g/mol. The van der Waals surface area contributed by atoms with Crippen LogP contribution >= 0.6 is 22.9 Å². The van der Waals surface area contributed by atoms with Crippen LogP contribution < -0.4 is 14.8 Å². The quantitative estimate of drug-likeness (QED) is 0.685. The highest BCUT2D eigenvalue weighted by molar-refractivity contribution is 7.19. The number of nitrogens with zero attached hydrogens (tertiary/aromatic N) is 1. The van der Waals surface area contributed by atoms with E-state index in [0.29, 0.717) is 16.5 Å². The smallest absolute Gasteiger partial charge is 0.257 e. The Kier molecular flexibility index (Phi) is 5.75. The molecule has 0 aliphatic rings. The molecule has 0 unspecified atom stereocenters. The summed E-state index contributed by atoms with van der Waals surface area (Å²) in [6.07, 6.45) is 3.89. The van der Waals surface area contributed by atoms with Crippen LogP contribution in [0, 0.1) is 0 Å². The second kappa shape index (κ2) is 8.21. The lowest BCUT2D eigenvalue weighted by atomic mass is 10.2. The van der Waals surface area contributed by atoms with Crippen molar-refractivity contribution in [2.45, 2.75) is 0 Å². The largest absolute Gasteiger partial charge is 0.493 e. The van der Waals surface area contributed by atoms with E-state index in [-0.39, 0.29) is 12.5 Å². The van der Waals surface area contributed by atoms with Gasteiger partial charge in [0.1, 0.15) is 5.01 Å². The van der Waals surface area contributed by atoms with Crippen LogP contribution in [-0.4, -0.2) is 31.7 Å². The molecule has 0 radical (unpaired) electrons. The van der Waals surface area contributed by atoms with Crippen molar-refractivity contribution < 1.29 is 14.3 Å². The molecule has 0 saturated carbocycles. The van der Waals surface area contributed by atoms with Crippen molar-refractivity contribution in [3.63, 3.8) is 0 Å². The van der Waals surface area contributed by atoms with Crippen molar-refractivity contribution in [2.24, 2.45) is 0 Å². The molecule has 1 aromatic heterocycles. The number of ether oxygens (including phenoxy) is 2. The number of aromatic nitrogens is 1. The number of benzene rings is 2. The third kappa shape index (κ3) is 4.33. The van der Waals surface area contributed by atoms with Crippen LogP contribution in [0.1, 0.15) is 10.6 Å². The fourth-order valence-electron chi connectivity index (χ4n) is 2.28. The second-order valence-electron chi connectivity index (χ2n) is 5.37. The summed E-state index contributed by atoms with van der Waals surface area (Å²) >= 11 is 7.59. The van der Waals surface area contributed by atoms with E-state index in [1.807, 2.05) is 42.5 Å². The van der Waals surface area contributed by atoms with Crippen molar-refractivity contribution >= 4 is 51.2 Å². The number of fused-ring (bicyclic) bond motifs is 1. The number of hydrogen-bond donors (Lipinski definition) is 1. The summed E-state index contributed by atoms with van der Waals surface area (Å²) in [6.45, 7) is -0.0592. The Morgan fingerprint density at radius 2 is 2.08 bits per heavy atom. The maximum atomic E-state index is 11.3. The normalized spacial score (nSPS) is 11.0. The van der Waals surface area contributed by atoms with Crippen LogP contribution in [0.15, 0.2) is 36.4 Å². The van der Waals surface area contributed by atoms with Crippen LogP contribution in [0.25, 0.3) is 22.4 Å². The van der Waals surface area contributed by atoms with Crippen LogP contribution in [0.5, 0.6) is 11.5 Å². The molecule has 1 N–H and O–H groups in total. The first-order valence-corrected chi connectivity index (χ1v) is 9.04. The van der Waals surface area contributed by atoms with Gasteiger partial charge in [-0.1, -0.05) is 23.7 Å². The topological polar surface area (TPSA) is 60.5 Å². The Labute approximate surface area is 160 Å². The first-order chi connectivity index (χ1) is 12.6. The fraction of sp³-hybridized carbons (Fsp3) is 0.158. The highest BCUT2D eigenvalue weighted by atomic mass is 35.5. The number of nitrogens with one attached hydrogen (secondary N) is 1. The molecular weight excluding hydrogens is 372 g/mol. The van der Waals surface area contributed by atoms with Crippen LogP contribution in [0.4, 0.5) is 0 Å². The Balaban J connectivity index is 1.77. The molecule has 0 spiro atoms. The predicted molar refractivity (Wildman–Crippen MR) is 106 cm³/mol. The minimum atomic E-state index is -0.202. The first kappa shape index (κ1) is 18.2. The van der Waals surface area contributed by atoms with Gasteiger partial charge in [-0.3, -0.25) is 4.79 Å². The van der Waals surface area contributed by atoms with Gasteiger partial charge in [0.15, 0.2) is 18.1 Å². The molecule has 26 heavy (non-hydrogen) atoms. The van der Waals surface area contributed by atoms with Crippen molar-refractivity contribution in [2.75, 3.05) is 20.8 Å². The van der Waals surface area contributed by atoms with E-state index >= 15 is 0 Å². The summed E-state index contributed by atoms with van der Waals surface area (Å²) < 4.78 is 11.9. The zero-order valence-electron chi connectivity index (χ0n) is 14.3. The summed E-state index contributed by atoms with van der Waals surface area (Å²) in [5.74, 6) is 0.877. The molecule has 1 amide bonds. The van der Waals surface area contributed by atoms with Gasteiger partial charge in [-0.25, -0.2) is 4.98 Å². The van der Waals surface area contributed by atoms with E-state index in [0.717, 1.165) is 20.8 Å². The van der Waals surface area contributed by atoms with Crippen molar-refractivity contribution in [1.82, 2.24) is 10.3 Å². The Hall–Kier alpha value is -2.57. The number of likely N-dealkylation sites (N-methyl/N-ethyl adjacent to an activating group) is 1. The Bertz CT molecular complexity index is 969. The minimum absolute atomic E-state index is 0.0592. The number of rotatable bonds is 6. The van der Waals surface area contributed by atoms with Crippen molar-refractivity contribution in [3.05, 3.63) is 52.0 Å². The highest BCUT2D eigenvalue weighted by Crippen LogP contribution is 2.30. The number of hydrogen-bond acceptors (Lipinski definition) is 5. The van der Waals surface area contributed by atoms with Gasteiger partial charge < -0.3 is 14.8 Å². The summed E-state index contributed by atoms with van der Waals surface area (Å²) in [5.41, 5.74) is 1.82. The lowest BCUT2D eigenvalue weighted by Crippen LogP contribution is -2.24. The molecule has 3 aromatic rings. The van der Waals surface area contributed by atoms with Gasteiger partial charge in [0.05, 0.1) is 17.3 Å². The van der Waals surface area contributed by atoms with Crippen molar-refractivity contribution in [3.8, 4) is 11.5 Å². The molecule has 1 heterocycles. The summed E-state index contributed by atoms with van der Waals surface area (Å²) in [7, 11) is 3.12. The maximum absolute atomic E-state index is 11.3. The second-order valence-corrected chi connectivity index (χ2v) is 6.87. The van der Waals surface area contributed by atoms with E-state index in [4.69, 9.17) is 21.1 Å². The molecule has 2 aromatic carbocycles. The van der Waals surface area contributed by atoms with Gasteiger partial charge in [0, 0.05) is 12.1 Å². The average Bonchev–Trinajstić information content (AvgIpc) is 3.06. The van der Waals surface area contributed by atoms with Gasteiger partial charge in [0.25, 0.3) is 5.91 Å². The van der Waals surface area contributed by atoms with Gasteiger partial charge in [-0.15, -0.1) is 11.3 Å². The standard InChI is InChI=1S/C19H17ClN2O3S/c1-21-18(23)11-25-15-6-3-12(9-16(15)24-2)4-8-19-22-14-10-13(20)5-7-17(14)26-19/h3-10H,11H2,1-2H3,(H,21,23). The lowest BCUT2D eigenvalue weighted by molar-refractivity contribution is -0.122. The molecule has 0 saturated heterocycles. The molecule has 0 bridgehead atoms. The minimum Gasteiger partial charge on any atom is -0.493 e. The van der Waals surface area contributed by atoms with E-state index in [2.05, 4.69) is 10.3 Å². The Morgan fingerprint density at radius 3 is 2.85 bits per heavy atom. The zero-order chi connectivity index (χ0) is 18.5. The third-order valence-corrected chi connectivity index (χ3v) is 4.85. The van der Waals surface area contributed by atoms with Crippen LogP contribution in [0.2, 0.25) is 5.02 Å².